The highest BCUT2D eigenvalue weighted by Gasteiger charge is 2.45. The lowest BCUT2D eigenvalue weighted by Crippen LogP contribution is -2.41. The van der Waals surface area contributed by atoms with Gasteiger partial charge < -0.3 is 5.32 Å². The van der Waals surface area contributed by atoms with Gasteiger partial charge in [-0.25, -0.2) is 15.0 Å². The molecule has 1 aliphatic heterocycles. The molecule has 6 nitrogen and oxygen atoms in total. The van der Waals surface area contributed by atoms with Crippen molar-refractivity contribution in [1.82, 2.24) is 20.3 Å². The van der Waals surface area contributed by atoms with Gasteiger partial charge in [-0.3, -0.25) is 4.98 Å². The standard InChI is InChI=1S/C20H14F2N6/c1-12-20(15-2-4-17(21)25-10-15,16-3-5-18(22)26-11-16)28-19(27-12)14-6-13(7-23)8-24-9-14/h2-6,8-12H,1H3,(H,27,28)/t12-/m0/s1. The van der Waals surface area contributed by atoms with Crippen LogP contribution in [0.25, 0.3) is 0 Å². The van der Waals surface area contributed by atoms with E-state index >= 15 is 0 Å². The smallest absolute Gasteiger partial charge is 0.212 e. The summed E-state index contributed by atoms with van der Waals surface area (Å²) in [4.78, 5) is 16.5. The third kappa shape index (κ3) is 2.87. The number of rotatable bonds is 3. The van der Waals surface area contributed by atoms with Crippen molar-refractivity contribution in [3.05, 3.63) is 89.3 Å². The zero-order valence-corrected chi connectivity index (χ0v) is 14.8. The summed E-state index contributed by atoms with van der Waals surface area (Å²) < 4.78 is 26.8. The Morgan fingerprint density at radius 2 is 1.64 bits per heavy atom. The van der Waals surface area contributed by atoms with Crippen LogP contribution in [0.5, 0.6) is 0 Å². The number of halogens is 2. The van der Waals surface area contributed by atoms with Crippen molar-refractivity contribution in [1.29, 1.82) is 5.26 Å². The van der Waals surface area contributed by atoms with Crippen LogP contribution in [0.15, 0.2) is 60.1 Å². The van der Waals surface area contributed by atoms with Crippen LogP contribution >= 0.6 is 0 Å². The van der Waals surface area contributed by atoms with Crippen LogP contribution in [-0.4, -0.2) is 26.8 Å². The van der Waals surface area contributed by atoms with E-state index in [1.807, 2.05) is 13.0 Å². The average Bonchev–Trinajstić information content (AvgIpc) is 3.07. The second-order valence-electron chi connectivity index (χ2n) is 6.41. The quantitative estimate of drug-likeness (QED) is 0.710. The fourth-order valence-electron chi connectivity index (χ4n) is 3.39. The Morgan fingerprint density at radius 3 is 2.18 bits per heavy atom. The summed E-state index contributed by atoms with van der Waals surface area (Å²) in [6.07, 6.45) is 5.88. The van der Waals surface area contributed by atoms with E-state index in [4.69, 9.17) is 10.3 Å². The average molecular weight is 376 g/mol. The highest BCUT2D eigenvalue weighted by Crippen LogP contribution is 2.40. The Balaban J connectivity index is 1.92. The predicted molar refractivity (Wildman–Crippen MR) is 97.3 cm³/mol. The molecule has 0 aliphatic carbocycles. The molecule has 3 aromatic heterocycles. The van der Waals surface area contributed by atoms with Gasteiger partial charge in [-0.05, 0) is 25.1 Å². The maximum atomic E-state index is 13.4. The van der Waals surface area contributed by atoms with E-state index in [1.54, 1.807) is 24.4 Å². The number of hydrogen-bond donors (Lipinski definition) is 1. The summed E-state index contributed by atoms with van der Waals surface area (Å²) in [6, 6.07) is 9.15. The molecule has 138 valence electrons. The topological polar surface area (TPSA) is 86.9 Å². The number of aliphatic imine (C=N–C) groups is 1. The monoisotopic (exact) mass is 376 g/mol. The SMILES string of the molecule is C[C@@H]1NC(c2cncc(C#N)c2)=NC1(c1ccc(F)nc1)c1ccc(F)nc1. The molecule has 8 heteroatoms. The lowest BCUT2D eigenvalue weighted by molar-refractivity contribution is 0.446. The molecule has 4 rings (SSSR count). The minimum atomic E-state index is -1.00. The molecule has 3 aromatic rings. The first kappa shape index (κ1) is 17.7. The first-order valence-corrected chi connectivity index (χ1v) is 8.49. The first-order valence-electron chi connectivity index (χ1n) is 8.49. The Kier molecular flexibility index (Phi) is 4.28. The van der Waals surface area contributed by atoms with Crippen LogP contribution in [0, 0.1) is 23.2 Å². The number of hydrogen-bond acceptors (Lipinski definition) is 6. The first-order chi connectivity index (χ1) is 13.5. The fourth-order valence-corrected chi connectivity index (χ4v) is 3.39. The molecule has 0 saturated heterocycles. The van der Waals surface area contributed by atoms with E-state index in [0.29, 0.717) is 28.1 Å². The number of nitrogens with zero attached hydrogens (tertiary/aromatic N) is 5. The maximum Gasteiger partial charge on any atom is 0.212 e. The second-order valence-corrected chi connectivity index (χ2v) is 6.41. The number of amidine groups is 1. The van der Waals surface area contributed by atoms with Crippen LogP contribution in [-0.2, 0) is 5.54 Å². The van der Waals surface area contributed by atoms with E-state index in [0.717, 1.165) is 0 Å². The Morgan fingerprint density at radius 1 is 1.00 bits per heavy atom. The molecule has 0 amide bonds. The number of nitriles is 1. The van der Waals surface area contributed by atoms with Crippen molar-refractivity contribution < 1.29 is 8.78 Å². The lowest BCUT2D eigenvalue weighted by Gasteiger charge is -2.31. The summed E-state index contributed by atoms with van der Waals surface area (Å²) in [5.41, 5.74) is 1.29. The highest BCUT2D eigenvalue weighted by atomic mass is 19.1. The summed E-state index contributed by atoms with van der Waals surface area (Å²) in [7, 11) is 0. The van der Waals surface area contributed by atoms with Gasteiger partial charge >= 0.3 is 0 Å². The van der Waals surface area contributed by atoms with Gasteiger partial charge in [-0.2, -0.15) is 14.0 Å². The molecular formula is C20H14F2N6. The van der Waals surface area contributed by atoms with Crippen LogP contribution in [0.2, 0.25) is 0 Å². The van der Waals surface area contributed by atoms with Crippen molar-refractivity contribution in [2.75, 3.05) is 0 Å². The van der Waals surface area contributed by atoms with Gasteiger partial charge in [-0.15, -0.1) is 0 Å². The summed E-state index contributed by atoms with van der Waals surface area (Å²) >= 11 is 0. The largest absolute Gasteiger partial charge is 0.364 e. The molecule has 1 N–H and O–H groups in total. The van der Waals surface area contributed by atoms with Crippen molar-refractivity contribution in [2.45, 2.75) is 18.5 Å². The van der Waals surface area contributed by atoms with E-state index in [2.05, 4.69) is 20.3 Å². The lowest BCUT2D eigenvalue weighted by atomic mass is 9.80. The van der Waals surface area contributed by atoms with Crippen molar-refractivity contribution in [3.63, 3.8) is 0 Å². The predicted octanol–water partition coefficient (Wildman–Crippen LogP) is 2.70. The summed E-state index contributed by atoms with van der Waals surface area (Å²) in [5, 5.41) is 12.4. The van der Waals surface area contributed by atoms with Gasteiger partial charge in [0.1, 0.15) is 17.4 Å². The van der Waals surface area contributed by atoms with Crippen molar-refractivity contribution in [2.24, 2.45) is 4.99 Å². The zero-order valence-electron chi connectivity index (χ0n) is 14.8. The van der Waals surface area contributed by atoms with Gasteiger partial charge in [0.2, 0.25) is 11.9 Å². The Bertz CT molecular complexity index is 1040. The number of pyridine rings is 3. The van der Waals surface area contributed by atoms with Gasteiger partial charge in [0.15, 0.2) is 0 Å². The third-order valence-electron chi connectivity index (χ3n) is 4.74. The van der Waals surface area contributed by atoms with Gasteiger partial charge in [0, 0.05) is 41.5 Å². The highest BCUT2D eigenvalue weighted by molar-refractivity contribution is 6.01. The van der Waals surface area contributed by atoms with Crippen LogP contribution in [0.1, 0.15) is 29.2 Å². The van der Waals surface area contributed by atoms with Gasteiger partial charge in [0.05, 0.1) is 11.6 Å². The van der Waals surface area contributed by atoms with Crippen molar-refractivity contribution in [3.8, 4) is 6.07 Å². The van der Waals surface area contributed by atoms with Gasteiger partial charge in [0.25, 0.3) is 0 Å². The Hall–Kier alpha value is -3.73. The summed E-state index contributed by atoms with van der Waals surface area (Å²) in [5.74, 6) is -0.694. The molecule has 0 aromatic carbocycles. The number of aromatic nitrogens is 3. The van der Waals surface area contributed by atoms with Crippen LogP contribution in [0.4, 0.5) is 8.78 Å². The molecule has 28 heavy (non-hydrogen) atoms. The Labute approximate surface area is 159 Å². The number of nitrogens with one attached hydrogen (secondary N) is 1. The van der Waals surface area contributed by atoms with Gasteiger partial charge in [-0.1, -0.05) is 12.1 Å². The van der Waals surface area contributed by atoms with Crippen LogP contribution in [0.3, 0.4) is 0 Å². The maximum absolute atomic E-state index is 13.4. The minimum absolute atomic E-state index is 0.284. The fraction of sp³-hybridized carbons (Fsp3) is 0.150. The molecule has 0 spiro atoms. The third-order valence-corrected chi connectivity index (χ3v) is 4.74. The van der Waals surface area contributed by atoms with E-state index in [9.17, 15) is 8.78 Å². The molecule has 0 bridgehead atoms. The van der Waals surface area contributed by atoms with Crippen LogP contribution < -0.4 is 5.32 Å². The minimum Gasteiger partial charge on any atom is -0.364 e. The van der Waals surface area contributed by atoms with E-state index in [1.165, 1.54) is 30.7 Å². The van der Waals surface area contributed by atoms with E-state index < -0.39 is 17.4 Å². The molecule has 4 heterocycles. The molecule has 0 unspecified atom stereocenters. The molecule has 1 aliphatic rings. The zero-order chi connectivity index (χ0) is 19.7. The molecule has 0 fully saturated rings. The normalized spacial score (nSPS) is 17.5. The molecule has 0 saturated carbocycles. The molecule has 1 atom stereocenters. The second kappa shape index (κ2) is 6.78. The van der Waals surface area contributed by atoms with E-state index in [-0.39, 0.29) is 6.04 Å². The molecular weight excluding hydrogens is 362 g/mol. The molecule has 0 radical (unpaired) electrons. The summed E-state index contributed by atoms with van der Waals surface area (Å²) in [6.45, 7) is 1.91. The van der Waals surface area contributed by atoms with Crippen molar-refractivity contribution >= 4 is 5.84 Å².